The van der Waals surface area contributed by atoms with Gasteiger partial charge in [0, 0.05) is 99.7 Å². The van der Waals surface area contributed by atoms with E-state index >= 15 is 0 Å². The first kappa shape index (κ1) is 59.6. The maximum Gasteiger partial charge on any atom is 0.143 e. The van der Waals surface area contributed by atoms with Crippen molar-refractivity contribution in [3.63, 3.8) is 0 Å². The fourth-order valence-corrected chi connectivity index (χ4v) is 15.2. The molecular formula is C96H64N4O2. The summed E-state index contributed by atoms with van der Waals surface area (Å²) in [7, 11) is 0. The van der Waals surface area contributed by atoms with Crippen molar-refractivity contribution >= 4 is 122 Å². The van der Waals surface area contributed by atoms with Gasteiger partial charge in [0.1, 0.15) is 22.3 Å². The highest BCUT2D eigenvalue weighted by Crippen LogP contribution is 2.48. The lowest BCUT2D eigenvalue weighted by Gasteiger charge is -2.26. The SMILES string of the molecule is c1ccc(-c2ccc(N(c3ccccc3)c3cc(-c4ccc(-n5c6ccccc6c6ccccc65)cc4)c4oc5ccccc5c4c3)cc2)cc1.c1ccc(-c2ccc(N(c3ccccc3)c3cc(-c4ccc5c(c4)c4ccccc4n5-c4ccccc4)c4oc5ccccc5c4c3)cc2)cc1. The second-order valence-electron chi connectivity index (χ2n) is 25.9. The van der Waals surface area contributed by atoms with Gasteiger partial charge in [0.2, 0.25) is 0 Å². The van der Waals surface area contributed by atoms with Crippen LogP contribution in [-0.4, -0.2) is 9.13 Å². The number of rotatable bonds is 12. The maximum absolute atomic E-state index is 6.70. The number of para-hydroxylation sites is 8. The molecule has 0 saturated carbocycles. The molecule has 6 heteroatoms. The zero-order chi connectivity index (χ0) is 67.5. The molecule has 20 rings (SSSR count). The Morgan fingerprint density at radius 2 is 0.500 bits per heavy atom. The molecule has 102 heavy (non-hydrogen) atoms. The summed E-state index contributed by atoms with van der Waals surface area (Å²) in [6.07, 6.45) is 0. The highest BCUT2D eigenvalue weighted by atomic mass is 16.3. The molecule has 0 bridgehead atoms. The summed E-state index contributed by atoms with van der Waals surface area (Å²) in [6, 6.07) is 138. The highest BCUT2D eigenvalue weighted by molar-refractivity contribution is 6.16. The molecule has 4 aromatic heterocycles. The van der Waals surface area contributed by atoms with Crippen LogP contribution >= 0.6 is 0 Å². The van der Waals surface area contributed by atoms with Crippen LogP contribution in [0.5, 0.6) is 0 Å². The number of nitrogens with zero attached hydrogens (tertiary/aromatic N) is 4. The Kier molecular flexibility index (Phi) is 14.8. The summed E-state index contributed by atoms with van der Waals surface area (Å²) in [6.45, 7) is 0. The number of anilines is 6. The fraction of sp³-hybridized carbons (Fsp3) is 0. The molecule has 0 atom stereocenters. The van der Waals surface area contributed by atoms with Gasteiger partial charge in [-0.15, -0.1) is 0 Å². The lowest BCUT2D eigenvalue weighted by Crippen LogP contribution is -2.10. The van der Waals surface area contributed by atoms with Crippen molar-refractivity contribution in [2.24, 2.45) is 0 Å². The Labute approximate surface area is 589 Å². The van der Waals surface area contributed by atoms with Crippen LogP contribution < -0.4 is 9.80 Å². The number of aromatic nitrogens is 2. The quantitative estimate of drug-likeness (QED) is 0.122. The molecule has 0 saturated heterocycles. The largest absolute Gasteiger partial charge is 0.455 e. The van der Waals surface area contributed by atoms with Crippen molar-refractivity contribution in [3.8, 4) is 55.9 Å². The normalized spacial score (nSPS) is 11.5. The average Bonchev–Trinajstić information content (AvgIpc) is 1.58. The third-order valence-corrected chi connectivity index (χ3v) is 20.0. The van der Waals surface area contributed by atoms with Crippen LogP contribution in [-0.2, 0) is 0 Å². The molecule has 0 unspecified atom stereocenters. The number of fused-ring (bicyclic) bond motifs is 12. The standard InChI is InChI=1S/2C48H32N2O/c1-4-14-33(15-5-1)34-24-27-38(28-25-34)49(36-16-6-2-7-17-36)39-31-42(48-44(32-39)41-21-11-13-23-47(41)51-48)35-26-29-46-43(30-35)40-20-10-12-22-45(40)50(46)37-18-8-3-9-19-37;1-3-13-33(14-4-1)34-23-27-37(28-24-34)49(36-15-5-2-6-16-36)39-31-43(48-44(32-39)42-19-9-12-22-47(42)51-48)35-25-29-38(30-26-35)50-45-20-10-7-17-40(45)41-18-8-11-21-46(41)50/h2*1-32H. The molecular weight excluding hydrogens is 1240 g/mol. The van der Waals surface area contributed by atoms with E-state index in [0.29, 0.717) is 0 Å². The second-order valence-corrected chi connectivity index (χ2v) is 25.9. The molecule has 6 nitrogen and oxygen atoms in total. The van der Waals surface area contributed by atoms with E-state index in [0.717, 1.165) is 112 Å². The van der Waals surface area contributed by atoms with Crippen LogP contribution in [0, 0.1) is 0 Å². The molecule has 0 radical (unpaired) electrons. The van der Waals surface area contributed by atoms with E-state index in [4.69, 9.17) is 8.83 Å². The topological polar surface area (TPSA) is 42.6 Å². The molecule has 0 aliphatic carbocycles. The molecule has 0 amide bonds. The summed E-state index contributed by atoms with van der Waals surface area (Å²) in [5.41, 5.74) is 26.1. The van der Waals surface area contributed by atoms with Crippen LogP contribution in [0.3, 0.4) is 0 Å². The predicted molar refractivity (Wildman–Crippen MR) is 427 cm³/mol. The third kappa shape index (κ3) is 10.5. The van der Waals surface area contributed by atoms with Gasteiger partial charge in [-0.2, -0.15) is 0 Å². The van der Waals surface area contributed by atoms with E-state index in [1.807, 2.05) is 12.1 Å². The summed E-state index contributed by atoms with van der Waals surface area (Å²) in [4.78, 5) is 4.69. The first-order valence-corrected chi connectivity index (χ1v) is 34.7. The van der Waals surface area contributed by atoms with Crippen molar-refractivity contribution < 1.29 is 8.83 Å². The van der Waals surface area contributed by atoms with Crippen molar-refractivity contribution in [2.45, 2.75) is 0 Å². The first-order valence-electron chi connectivity index (χ1n) is 34.7. The summed E-state index contributed by atoms with van der Waals surface area (Å²) < 4.78 is 18.1. The van der Waals surface area contributed by atoms with E-state index in [1.54, 1.807) is 0 Å². The van der Waals surface area contributed by atoms with Crippen LogP contribution in [0.1, 0.15) is 0 Å². The Balaban J connectivity index is 0.000000141. The number of hydrogen-bond acceptors (Lipinski definition) is 4. The van der Waals surface area contributed by atoms with Gasteiger partial charge < -0.3 is 27.8 Å². The van der Waals surface area contributed by atoms with Gasteiger partial charge in [0.05, 0.1) is 22.1 Å². The number of furan rings is 2. The lowest BCUT2D eigenvalue weighted by atomic mass is 9.98. The van der Waals surface area contributed by atoms with E-state index in [-0.39, 0.29) is 0 Å². The van der Waals surface area contributed by atoms with Gasteiger partial charge in [0.25, 0.3) is 0 Å². The summed E-state index contributed by atoms with van der Waals surface area (Å²) >= 11 is 0. The average molecular weight is 1310 g/mol. The lowest BCUT2D eigenvalue weighted by molar-refractivity contribution is 0.669. The molecule has 0 N–H and O–H groups in total. The Bertz CT molecular complexity index is 6410. The van der Waals surface area contributed by atoms with Gasteiger partial charge >= 0.3 is 0 Å². The monoisotopic (exact) mass is 1300 g/mol. The van der Waals surface area contributed by atoms with Gasteiger partial charge in [-0.1, -0.05) is 249 Å². The van der Waals surface area contributed by atoms with Gasteiger partial charge in [-0.05, 0) is 173 Å². The van der Waals surface area contributed by atoms with Gasteiger partial charge in [0.15, 0.2) is 0 Å². The predicted octanol–water partition coefficient (Wildman–Crippen LogP) is 27.0. The molecule has 16 aromatic carbocycles. The third-order valence-electron chi connectivity index (χ3n) is 20.0. The van der Waals surface area contributed by atoms with Crippen molar-refractivity contribution in [1.82, 2.24) is 9.13 Å². The van der Waals surface area contributed by atoms with E-state index in [2.05, 4.69) is 395 Å². The molecule has 0 aliphatic heterocycles. The van der Waals surface area contributed by atoms with Crippen LogP contribution in [0.15, 0.2) is 397 Å². The zero-order valence-corrected chi connectivity index (χ0v) is 55.6. The number of benzene rings is 16. The van der Waals surface area contributed by atoms with Gasteiger partial charge in [-0.3, -0.25) is 0 Å². The molecule has 0 aliphatic rings. The van der Waals surface area contributed by atoms with Crippen LogP contribution in [0.25, 0.3) is 143 Å². The van der Waals surface area contributed by atoms with Crippen LogP contribution in [0.4, 0.5) is 34.1 Å². The Morgan fingerprint density at radius 1 is 0.186 bits per heavy atom. The van der Waals surface area contributed by atoms with Crippen molar-refractivity contribution in [1.29, 1.82) is 0 Å². The van der Waals surface area contributed by atoms with Crippen LogP contribution in [0.2, 0.25) is 0 Å². The first-order chi connectivity index (χ1) is 50.6. The minimum Gasteiger partial charge on any atom is -0.455 e. The number of hydrogen-bond donors (Lipinski definition) is 0. The smallest absolute Gasteiger partial charge is 0.143 e. The minimum atomic E-state index is 0.881. The fourth-order valence-electron chi connectivity index (χ4n) is 15.2. The minimum absolute atomic E-state index is 0.881. The zero-order valence-electron chi connectivity index (χ0n) is 55.6. The molecule has 0 fully saturated rings. The maximum atomic E-state index is 6.70. The van der Waals surface area contributed by atoms with Gasteiger partial charge in [-0.25, -0.2) is 0 Å². The molecule has 4 heterocycles. The molecule has 480 valence electrons. The highest BCUT2D eigenvalue weighted by Gasteiger charge is 2.24. The summed E-state index contributed by atoms with van der Waals surface area (Å²) in [5.74, 6) is 0. The van der Waals surface area contributed by atoms with E-state index in [9.17, 15) is 0 Å². The van der Waals surface area contributed by atoms with Crippen molar-refractivity contribution in [3.05, 3.63) is 388 Å². The van der Waals surface area contributed by atoms with E-state index in [1.165, 1.54) is 65.9 Å². The van der Waals surface area contributed by atoms with Crippen molar-refractivity contribution in [2.75, 3.05) is 9.80 Å². The Hall–Kier alpha value is -13.7. The summed E-state index contributed by atoms with van der Waals surface area (Å²) in [5, 5.41) is 9.32. The molecule has 0 spiro atoms. The second kappa shape index (κ2) is 25.3. The Morgan fingerprint density at radius 3 is 0.951 bits per heavy atom. The molecule has 20 aromatic rings. The van der Waals surface area contributed by atoms with E-state index < -0.39 is 0 Å².